The number of hydrogen-bond acceptors (Lipinski definition) is 3. The van der Waals surface area contributed by atoms with Crippen LogP contribution in [0.4, 0.5) is 13.2 Å². The minimum Gasteiger partial charge on any atom is -0.390 e. The van der Waals surface area contributed by atoms with E-state index >= 15 is 0 Å². The smallest absolute Gasteiger partial charge is 0.390 e. The van der Waals surface area contributed by atoms with Gasteiger partial charge in [0.1, 0.15) is 12.2 Å². The number of rotatable bonds is 3. The first kappa shape index (κ1) is 14.9. The summed E-state index contributed by atoms with van der Waals surface area (Å²) in [6.45, 7) is -0.421. The monoisotopic (exact) mass is 291 g/mol. The van der Waals surface area contributed by atoms with Gasteiger partial charge in [-0.3, -0.25) is 4.79 Å². The van der Waals surface area contributed by atoms with E-state index in [0.717, 1.165) is 4.57 Å². The fourth-order valence-electron chi connectivity index (χ4n) is 2.32. The van der Waals surface area contributed by atoms with Crippen LogP contribution in [-0.2, 0) is 6.54 Å². The normalized spacial score (nSPS) is 23.1. The maximum absolute atomic E-state index is 12.4. The molecular weight excluding hydrogens is 275 g/mol. The molecule has 20 heavy (non-hydrogen) atoms. The first-order chi connectivity index (χ1) is 9.29. The first-order valence-electron chi connectivity index (χ1n) is 6.17. The Morgan fingerprint density at radius 2 is 2.25 bits per heavy atom. The van der Waals surface area contributed by atoms with Crippen LogP contribution in [0.2, 0.25) is 0 Å². The van der Waals surface area contributed by atoms with Crippen LogP contribution in [-0.4, -0.2) is 58.9 Å². The molecular formula is C12H16F3N3O2. The molecule has 1 saturated heterocycles. The van der Waals surface area contributed by atoms with Crippen LogP contribution in [0.25, 0.3) is 0 Å². The van der Waals surface area contributed by atoms with Gasteiger partial charge in [0.05, 0.1) is 12.1 Å². The molecule has 8 heteroatoms. The highest BCUT2D eigenvalue weighted by Gasteiger charge is 2.34. The highest BCUT2D eigenvalue weighted by atomic mass is 19.4. The highest BCUT2D eigenvalue weighted by Crippen LogP contribution is 2.20. The third-order valence-electron chi connectivity index (χ3n) is 3.37. The van der Waals surface area contributed by atoms with Crippen LogP contribution in [0.15, 0.2) is 18.3 Å². The number of hydrogen-bond donors (Lipinski definition) is 2. The Hall–Kier alpha value is -1.54. The molecule has 1 fully saturated rings. The van der Waals surface area contributed by atoms with Crippen LogP contribution < -0.4 is 5.32 Å². The van der Waals surface area contributed by atoms with Crippen molar-refractivity contribution < 1.29 is 23.1 Å². The molecule has 0 aliphatic carbocycles. The maximum atomic E-state index is 12.4. The van der Waals surface area contributed by atoms with Crippen molar-refractivity contribution in [1.82, 2.24) is 14.8 Å². The number of nitrogens with one attached hydrogen (secondary N) is 1. The Balaban J connectivity index is 2.15. The molecule has 2 rings (SSSR count). The summed E-state index contributed by atoms with van der Waals surface area (Å²) in [5.41, 5.74) is -0.0380. The predicted octanol–water partition coefficient (Wildman–Crippen LogP) is 0.455. The van der Waals surface area contributed by atoms with Crippen molar-refractivity contribution in [3.8, 4) is 0 Å². The number of carbonyl (C=O) groups excluding carboxylic acids is 1. The van der Waals surface area contributed by atoms with Crippen LogP contribution in [0.5, 0.6) is 0 Å². The van der Waals surface area contributed by atoms with Crippen LogP contribution in [0.3, 0.4) is 0 Å². The van der Waals surface area contributed by atoms with Gasteiger partial charge in [0, 0.05) is 26.3 Å². The molecule has 1 aliphatic heterocycles. The van der Waals surface area contributed by atoms with E-state index in [-0.39, 0.29) is 5.69 Å². The lowest BCUT2D eigenvalue weighted by Gasteiger charge is -2.27. The van der Waals surface area contributed by atoms with Crippen LogP contribution in [0, 0.1) is 0 Å². The molecule has 0 saturated carbocycles. The Labute approximate surface area is 114 Å². The summed E-state index contributed by atoms with van der Waals surface area (Å²) in [4.78, 5) is 13.5. The maximum Gasteiger partial charge on any atom is 0.406 e. The molecule has 1 amide bonds. The molecule has 2 N–H and O–H groups in total. The molecule has 5 nitrogen and oxygen atoms in total. The number of aromatic nitrogens is 1. The third-order valence-corrected chi connectivity index (χ3v) is 3.37. The van der Waals surface area contributed by atoms with Crippen molar-refractivity contribution >= 4 is 5.91 Å². The number of likely N-dealkylation sites (N-methyl/N-ethyl adjacent to an activating group) is 1. The molecule has 112 valence electrons. The topological polar surface area (TPSA) is 57.5 Å². The third kappa shape index (κ3) is 3.13. The van der Waals surface area contributed by atoms with Crippen molar-refractivity contribution in [1.29, 1.82) is 0 Å². The number of aliphatic hydroxyl groups is 1. The zero-order valence-corrected chi connectivity index (χ0v) is 10.9. The number of halogens is 3. The SMILES string of the molecule is CN(C(=O)c1cccn1CC(F)(F)F)[C@H]1CNC[C@@H]1O. The lowest BCUT2D eigenvalue weighted by molar-refractivity contribution is -0.140. The summed E-state index contributed by atoms with van der Waals surface area (Å²) in [6, 6.07) is 2.31. The second-order valence-electron chi connectivity index (χ2n) is 4.85. The van der Waals surface area contributed by atoms with E-state index in [4.69, 9.17) is 0 Å². The average Bonchev–Trinajstić information content (AvgIpc) is 2.94. The quantitative estimate of drug-likeness (QED) is 0.850. The van der Waals surface area contributed by atoms with Gasteiger partial charge in [-0.2, -0.15) is 13.2 Å². The minimum atomic E-state index is -4.39. The van der Waals surface area contributed by atoms with E-state index in [9.17, 15) is 23.1 Å². The van der Waals surface area contributed by atoms with Crippen molar-refractivity contribution in [3.63, 3.8) is 0 Å². The summed E-state index contributed by atoms with van der Waals surface area (Å²) >= 11 is 0. The molecule has 0 spiro atoms. The fourth-order valence-corrected chi connectivity index (χ4v) is 2.32. The van der Waals surface area contributed by atoms with E-state index in [0.29, 0.717) is 13.1 Å². The van der Waals surface area contributed by atoms with Crippen molar-refractivity contribution in [2.75, 3.05) is 20.1 Å². The van der Waals surface area contributed by atoms with Crippen molar-refractivity contribution in [2.45, 2.75) is 24.9 Å². The van der Waals surface area contributed by atoms with E-state index < -0.39 is 30.8 Å². The second kappa shape index (κ2) is 5.45. The van der Waals surface area contributed by atoms with Gasteiger partial charge in [-0.1, -0.05) is 0 Å². The lowest BCUT2D eigenvalue weighted by atomic mass is 10.2. The Morgan fingerprint density at radius 3 is 2.80 bits per heavy atom. The first-order valence-corrected chi connectivity index (χ1v) is 6.17. The molecule has 1 aromatic rings. The number of carbonyl (C=O) groups is 1. The van der Waals surface area contributed by atoms with E-state index in [1.165, 1.54) is 30.3 Å². The average molecular weight is 291 g/mol. The number of amides is 1. The van der Waals surface area contributed by atoms with Crippen molar-refractivity contribution in [2.24, 2.45) is 0 Å². The molecule has 0 bridgehead atoms. The van der Waals surface area contributed by atoms with Crippen LogP contribution in [0.1, 0.15) is 10.5 Å². The Bertz CT molecular complexity index is 487. The summed E-state index contributed by atoms with van der Waals surface area (Å²) in [5.74, 6) is -0.535. The highest BCUT2D eigenvalue weighted by molar-refractivity contribution is 5.92. The molecule has 2 atom stereocenters. The van der Waals surface area contributed by atoms with Crippen molar-refractivity contribution in [3.05, 3.63) is 24.0 Å². The van der Waals surface area contributed by atoms with Gasteiger partial charge in [0.2, 0.25) is 0 Å². The Kier molecular flexibility index (Phi) is 4.05. The summed E-state index contributed by atoms with van der Waals surface area (Å²) in [6.07, 6.45) is -3.88. The minimum absolute atomic E-state index is 0.0380. The summed E-state index contributed by atoms with van der Waals surface area (Å²) in [7, 11) is 1.48. The van der Waals surface area contributed by atoms with Gasteiger partial charge < -0.3 is 19.9 Å². The van der Waals surface area contributed by atoms with E-state index in [2.05, 4.69) is 5.32 Å². The number of β-amino-alcohol motifs (C(OH)–C–C–N with tert-alkyl or cyclic N) is 1. The fraction of sp³-hybridized carbons (Fsp3) is 0.583. The van der Waals surface area contributed by atoms with Gasteiger partial charge in [0.15, 0.2) is 0 Å². The Morgan fingerprint density at radius 1 is 1.55 bits per heavy atom. The second-order valence-corrected chi connectivity index (χ2v) is 4.85. The van der Waals surface area contributed by atoms with Gasteiger partial charge in [0.25, 0.3) is 5.91 Å². The molecule has 1 aromatic heterocycles. The van der Waals surface area contributed by atoms with Gasteiger partial charge in [-0.15, -0.1) is 0 Å². The van der Waals surface area contributed by atoms with Gasteiger partial charge in [-0.25, -0.2) is 0 Å². The number of nitrogens with zero attached hydrogens (tertiary/aromatic N) is 2. The zero-order valence-electron chi connectivity index (χ0n) is 10.9. The molecule has 0 radical (unpaired) electrons. The molecule has 1 aliphatic rings. The summed E-state index contributed by atoms with van der Waals surface area (Å²) in [5, 5.41) is 12.6. The summed E-state index contributed by atoms with van der Waals surface area (Å²) < 4.78 is 38.2. The standard InChI is InChI=1S/C12H16F3N3O2/c1-17(9-5-16-6-10(9)19)11(20)8-3-2-4-18(8)7-12(13,14)15/h2-4,9-10,16,19H,5-7H2,1H3/t9-,10-/m0/s1. The van der Waals surface area contributed by atoms with Crippen LogP contribution >= 0.6 is 0 Å². The number of alkyl halides is 3. The lowest BCUT2D eigenvalue weighted by Crippen LogP contribution is -2.45. The largest absolute Gasteiger partial charge is 0.406 e. The van der Waals surface area contributed by atoms with Gasteiger partial charge in [-0.05, 0) is 12.1 Å². The molecule has 2 heterocycles. The van der Waals surface area contributed by atoms with E-state index in [1.54, 1.807) is 0 Å². The predicted molar refractivity (Wildman–Crippen MR) is 65.2 cm³/mol. The number of aliphatic hydroxyl groups excluding tert-OH is 1. The van der Waals surface area contributed by atoms with Gasteiger partial charge >= 0.3 is 6.18 Å². The molecule has 0 aromatic carbocycles. The van der Waals surface area contributed by atoms with E-state index in [1.807, 2.05) is 0 Å². The zero-order chi connectivity index (χ0) is 14.9. The molecule has 0 unspecified atom stereocenters.